The molecule has 1 fully saturated rings. The van der Waals surface area contributed by atoms with Crippen LogP contribution in [0.2, 0.25) is 0 Å². The summed E-state index contributed by atoms with van der Waals surface area (Å²) in [6, 6.07) is 10.5. The van der Waals surface area contributed by atoms with Gasteiger partial charge in [-0.1, -0.05) is 30.3 Å². The summed E-state index contributed by atoms with van der Waals surface area (Å²) in [5, 5.41) is 9.51. The number of thiophene rings is 1. The highest BCUT2D eigenvalue weighted by atomic mass is 79.9. The van der Waals surface area contributed by atoms with Crippen molar-refractivity contribution in [3.05, 3.63) is 56.7 Å². The Morgan fingerprint density at radius 2 is 2.05 bits per heavy atom. The van der Waals surface area contributed by atoms with E-state index >= 15 is 0 Å². The van der Waals surface area contributed by atoms with Crippen molar-refractivity contribution in [3.63, 3.8) is 0 Å². The van der Waals surface area contributed by atoms with E-state index in [1.165, 1.54) is 17.6 Å². The maximum absolute atomic E-state index is 12.6. The average molecular weight is 378 g/mol. The van der Waals surface area contributed by atoms with Crippen LogP contribution < -0.4 is 5.32 Å². The number of imide groups is 1. The van der Waals surface area contributed by atoms with Crippen molar-refractivity contribution in [1.82, 2.24) is 10.3 Å². The fourth-order valence-corrected chi connectivity index (χ4v) is 3.51. The van der Waals surface area contributed by atoms with E-state index in [1.54, 1.807) is 6.92 Å². The predicted molar refractivity (Wildman–Crippen MR) is 88.8 cm³/mol. The standard InChI is InChI=1S/C15H12BrN3O2S/c1-15(10-5-3-2-4-6-10)13(20)19(14(21)18-15)17-8-12-7-11(16)9-22-12/h2-9H,1H3,(H,18,21)/b17-8-/t15-/m1/s1. The molecule has 1 atom stereocenters. The third-order valence-electron chi connectivity index (χ3n) is 3.41. The van der Waals surface area contributed by atoms with Gasteiger partial charge in [0, 0.05) is 14.7 Å². The van der Waals surface area contributed by atoms with Gasteiger partial charge in [0.15, 0.2) is 0 Å². The molecule has 22 heavy (non-hydrogen) atoms. The van der Waals surface area contributed by atoms with E-state index in [-0.39, 0.29) is 0 Å². The molecule has 3 amide bonds. The van der Waals surface area contributed by atoms with Gasteiger partial charge in [-0.2, -0.15) is 5.10 Å². The summed E-state index contributed by atoms with van der Waals surface area (Å²) >= 11 is 4.81. The van der Waals surface area contributed by atoms with Crippen LogP contribution in [0, 0.1) is 0 Å². The first-order valence-corrected chi connectivity index (χ1v) is 8.18. The number of rotatable bonds is 3. The second kappa shape index (κ2) is 5.66. The molecule has 1 aromatic heterocycles. The lowest BCUT2D eigenvalue weighted by atomic mass is 9.92. The van der Waals surface area contributed by atoms with Crippen molar-refractivity contribution in [3.8, 4) is 0 Å². The lowest BCUT2D eigenvalue weighted by Crippen LogP contribution is -2.40. The molecule has 0 spiro atoms. The molecule has 1 aromatic carbocycles. The Kier molecular flexibility index (Phi) is 3.84. The van der Waals surface area contributed by atoms with Gasteiger partial charge < -0.3 is 5.32 Å². The van der Waals surface area contributed by atoms with Gasteiger partial charge in [0.05, 0.1) is 6.21 Å². The summed E-state index contributed by atoms with van der Waals surface area (Å²) in [6.07, 6.45) is 1.50. The molecule has 1 saturated heterocycles. The van der Waals surface area contributed by atoms with Crippen LogP contribution in [0.4, 0.5) is 4.79 Å². The van der Waals surface area contributed by atoms with E-state index in [1.807, 2.05) is 41.8 Å². The zero-order valence-corrected chi connectivity index (χ0v) is 14.0. The molecule has 2 heterocycles. The monoisotopic (exact) mass is 377 g/mol. The number of hydrogen-bond acceptors (Lipinski definition) is 4. The summed E-state index contributed by atoms with van der Waals surface area (Å²) in [4.78, 5) is 25.5. The molecule has 1 N–H and O–H groups in total. The predicted octanol–water partition coefficient (Wildman–Crippen LogP) is 3.31. The zero-order chi connectivity index (χ0) is 15.7. The quantitative estimate of drug-likeness (QED) is 0.658. The average Bonchev–Trinajstić information content (AvgIpc) is 3.02. The number of hydrogen-bond donors (Lipinski definition) is 1. The van der Waals surface area contributed by atoms with Gasteiger partial charge in [-0.25, -0.2) is 4.79 Å². The maximum atomic E-state index is 12.6. The Labute approximate surface area is 139 Å². The molecule has 1 aliphatic rings. The van der Waals surface area contributed by atoms with Crippen molar-refractivity contribution >= 4 is 45.4 Å². The largest absolute Gasteiger partial charge is 0.346 e. The highest BCUT2D eigenvalue weighted by molar-refractivity contribution is 9.10. The summed E-state index contributed by atoms with van der Waals surface area (Å²) in [5.74, 6) is -0.393. The first-order chi connectivity index (χ1) is 10.5. The van der Waals surface area contributed by atoms with Gasteiger partial charge >= 0.3 is 6.03 Å². The number of nitrogens with zero attached hydrogens (tertiary/aromatic N) is 2. The minimum absolute atomic E-state index is 0.393. The number of benzene rings is 1. The molecular weight excluding hydrogens is 366 g/mol. The van der Waals surface area contributed by atoms with Crippen LogP contribution in [0.25, 0.3) is 0 Å². The fourth-order valence-electron chi connectivity index (χ4n) is 2.21. The van der Waals surface area contributed by atoms with Crippen molar-refractivity contribution in [2.24, 2.45) is 5.10 Å². The first-order valence-electron chi connectivity index (χ1n) is 6.51. The van der Waals surface area contributed by atoms with E-state index < -0.39 is 17.5 Å². The van der Waals surface area contributed by atoms with Gasteiger partial charge in [-0.3, -0.25) is 4.79 Å². The van der Waals surface area contributed by atoms with E-state index in [0.29, 0.717) is 0 Å². The second-order valence-corrected chi connectivity index (χ2v) is 6.81. The Bertz CT molecular complexity index is 759. The second-order valence-electron chi connectivity index (χ2n) is 4.95. The van der Waals surface area contributed by atoms with Crippen molar-refractivity contribution in [2.45, 2.75) is 12.5 Å². The Morgan fingerprint density at radius 1 is 1.32 bits per heavy atom. The summed E-state index contributed by atoms with van der Waals surface area (Å²) in [5.41, 5.74) is -0.365. The van der Waals surface area contributed by atoms with E-state index in [0.717, 1.165) is 19.9 Å². The van der Waals surface area contributed by atoms with Gasteiger partial charge in [-0.05, 0) is 34.5 Å². The molecule has 2 aromatic rings. The van der Waals surface area contributed by atoms with Crippen LogP contribution in [0.1, 0.15) is 17.4 Å². The van der Waals surface area contributed by atoms with Crippen molar-refractivity contribution in [2.75, 3.05) is 0 Å². The Hall–Kier alpha value is -1.99. The lowest BCUT2D eigenvalue weighted by Gasteiger charge is -2.20. The third kappa shape index (κ3) is 2.57. The minimum atomic E-state index is -1.09. The van der Waals surface area contributed by atoms with Gasteiger partial charge in [0.1, 0.15) is 5.54 Å². The fraction of sp³-hybridized carbons (Fsp3) is 0.133. The third-order valence-corrected chi connectivity index (χ3v) is 5.04. The van der Waals surface area contributed by atoms with Crippen LogP contribution in [0.15, 0.2) is 51.4 Å². The number of hydrazone groups is 1. The van der Waals surface area contributed by atoms with E-state index in [2.05, 4.69) is 26.3 Å². The topological polar surface area (TPSA) is 61.8 Å². The molecule has 3 rings (SSSR count). The minimum Gasteiger partial charge on any atom is -0.318 e. The number of carbonyl (C=O) groups excluding carboxylic acids is 2. The summed E-state index contributed by atoms with van der Waals surface area (Å²) in [6.45, 7) is 1.68. The zero-order valence-electron chi connectivity index (χ0n) is 11.6. The first kappa shape index (κ1) is 14.9. The van der Waals surface area contributed by atoms with Gasteiger partial charge in [0.25, 0.3) is 5.91 Å². The SMILES string of the molecule is C[C@]1(c2ccccc2)NC(=O)N(/N=C\c2cc(Br)cs2)C1=O. The smallest absolute Gasteiger partial charge is 0.318 e. The molecule has 7 heteroatoms. The Balaban J connectivity index is 1.87. The van der Waals surface area contributed by atoms with Crippen LogP contribution in [0.5, 0.6) is 0 Å². The number of amides is 3. The number of halogens is 1. The van der Waals surface area contributed by atoms with E-state index in [4.69, 9.17) is 0 Å². The summed E-state index contributed by atoms with van der Waals surface area (Å²) in [7, 11) is 0. The highest BCUT2D eigenvalue weighted by Gasteiger charge is 2.49. The molecule has 5 nitrogen and oxygen atoms in total. The number of carbonyl (C=O) groups is 2. The van der Waals surface area contributed by atoms with Gasteiger partial charge in [0.2, 0.25) is 0 Å². The highest BCUT2D eigenvalue weighted by Crippen LogP contribution is 2.28. The molecule has 0 unspecified atom stereocenters. The molecule has 0 bridgehead atoms. The Morgan fingerprint density at radius 3 is 2.68 bits per heavy atom. The summed E-state index contributed by atoms with van der Waals surface area (Å²) < 4.78 is 0.935. The maximum Gasteiger partial charge on any atom is 0.346 e. The van der Waals surface area contributed by atoms with Crippen LogP contribution in [0.3, 0.4) is 0 Å². The number of urea groups is 1. The van der Waals surface area contributed by atoms with Crippen LogP contribution in [-0.2, 0) is 10.3 Å². The van der Waals surface area contributed by atoms with Crippen molar-refractivity contribution in [1.29, 1.82) is 0 Å². The molecule has 0 aliphatic carbocycles. The van der Waals surface area contributed by atoms with Gasteiger partial charge in [-0.15, -0.1) is 16.3 Å². The van der Waals surface area contributed by atoms with E-state index in [9.17, 15) is 9.59 Å². The van der Waals surface area contributed by atoms with Crippen LogP contribution >= 0.6 is 27.3 Å². The lowest BCUT2D eigenvalue weighted by molar-refractivity contribution is -0.131. The molecular formula is C15H12BrN3O2S. The van der Waals surface area contributed by atoms with Crippen LogP contribution in [-0.4, -0.2) is 23.2 Å². The molecule has 112 valence electrons. The molecule has 1 aliphatic heterocycles. The molecule has 0 saturated carbocycles. The van der Waals surface area contributed by atoms with Crippen molar-refractivity contribution < 1.29 is 9.59 Å². The normalized spacial score (nSPS) is 21.6. The number of nitrogens with one attached hydrogen (secondary N) is 1. The molecule has 0 radical (unpaired) electrons.